The van der Waals surface area contributed by atoms with Crippen LogP contribution >= 0.6 is 11.6 Å². The minimum Gasteiger partial charge on any atom is -0.506 e. The van der Waals surface area contributed by atoms with Crippen molar-refractivity contribution in [3.63, 3.8) is 0 Å². The first-order chi connectivity index (χ1) is 12.4. The second kappa shape index (κ2) is 7.77. The highest BCUT2D eigenvalue weighted by atomic mass is 35.5. The molecule has 0 aliphatic rings. The quantitative estimate of drug-likeness (QED) is 0.774. The van der Waals surface area contributed by atoms with Crippen LogP contribution in [-0.2, 0) is 21.1 Å². The number of hydrogen-bond acceptors (Lipinski definition) is 4. The molecule has 0 spiro atoms. The van der Waals surface area contributed by atoms with Gasteiger partial charge >= 0.3 is 12.1 Å². The highest BCUT2D eigenvalue weighted by molar-refractivity contribution is 7.91. The third-order valence-corrected chi connectivity index (χ3v) is 5.71. The number of carbonyl (C=O) groups is 1. The third-order valence-electron chi connectivity index (χ3n) is 3.64. The van der Waals surface area contributed by atoms with Crippen molar-refractivity contribution in [2.75, 3.05) is 0 Å². The van der Waals surface area contributed by atoms with E-state index in [0.717, 1.165) is 12.1 Å². The lowest BCUT2D eigenvalue weighted by atomic mass is 10.1. The van der Waals surface area contributed by atoms with Crippen molar-refractivity contribution in [1.29, 1.82) is 0 Å². The number of nitrogens with one attached hydrogen (secondary N) is 1. The van der Waals surface area contributed by atoms with E-state index < -0.39 is 28.0 Å². The Labute approximate surface area is 158 Å². The molecule has 0 heterocycles. The van der Waals surface area contributed by atoms with Gasteiger partial charge in [-0.1, -0.05) is 23.7 Å². The number of halogens is 4. The van der Waals surface area contributed by atoms with Gasteiger partial charge in [0, 0.05) is 6.04 Å². The molecule has 0 bridgehead atoms. The van der Waals surface area contributed by atoms with Gasteiger partial charge in [-0.15, -0.1) is 0 Å². The second-order valence-corrected chi connectivity index (χ2v) is 8.19. The number of hydrogen-bond donors (Lipinski definition) is 2. The molecule has 0 aromatic heterocycles. The SMILES string of the molecule is CC(Cc1ccc(S(=O)(=O)c2ccc(O)c(Cl)c2)cc1)NC(=O)C(F)(F)F. The summed E-state index contributed by atoms with van der Waals surface area (Å²) in [6.07, 6.45) is -4.87. The first-order valence-electron chi connectivity index (χ1n) is 7.61. The summed E-state index contributed by atoms with van der Waals surface area (Å²) in [7, 11) is -3.88. The molecular formula is C17H15ClF3NO4S. The molecule has 2 rings (SSSR count). The van der Waals surface area contributed by atoms with E-state index in [4.69, 9.17) is 11.6 Å². The molecular weight excluding hydrogens is 407 g/mol. The van der Waals surface area contributed by atoms with Gasteiger partial charge < -0.3 is 10.4 Å². The number of aromatic hydroxyl groups is 1. The Hall–Kier alpha value is -2.26. The van der Waals surface area contributed by atoms with Crippen molar-refractivity contribution in [3.05, 3.63) is 53.1 Å². The molecule has 10 heteroatoms. The Kier molecular flexibility index (Phi) is 6.06. The smallest absolute Gasteiger partial charge is 0.471 e. The molecule has 2 N–H and O–H groups in total. The Morgan fingerprint density at radius 3 is 2.22 bits per heavy atom. The van der Waals surface area contributed by atoms with Crippen LogP contribution in [0, 0.1) is 0 Å². The van der Waals surface area contributed by atoms with Gasteiger partial charge in [-0.05, 0) is 49.2 Å². The summed E-state index contributed by atoms with van der Waals surface area (Å²) in [5, 5.41) is 11.1. The number of alkyl halides is 3. The van der Waals surface area contributed by atoms with Crippen LogP contribution in [0.2, 0.25) is 5.02 Å². The van der Waals surface area contributed by atoms with Gasteiger partial charge in [-0.3, -0.25) is 4.79 Å². The lowest BCUT2D eigenvalue weighted by Crippen LogP contribution is -2.42. The zero-order valence-electron chi connectivity index (χ0n) is 13.9. The molecule has 0 aliphatic heterocycles. The van der Waals surface area contributed by atoms with Gasteiger partial charge in [0.25, 0.3) is 0 Å². The average Bonchev–Trinajstić information content (AvgIpc) is 2.56. The van der Waals surface area contributed by atoms with Crippen LogP contribution in [0.15, 0.2) is 52.3 Å². The van der Waals surface area contributed by atoms with Crippen LogP contribution in [0.1, 0.15) is 12.5 Å². The number of amides is 1. The lowest BCUT2D eigenvalue weighted by Gasteiger charge is -2.15. The molecule has 2 aromatic rings. The van der Waals surface area contributed by atoms with E-state index in [1.54, 1.807) is 0 Å². The van der Waals surface area contributed by atoms with Crippen molar-refractivity contribution < 1.29 is 31.5 Å². The molecule has 0 radical (unpaired) electrons. The van der Waals surface area contributed by atoms with Crippen LogP contribution in [0.3, 0.4) is 0 Å². The van der Waals surface area contributed by atoms with Crippen molar-refractivity contribution in [3.8, 4) is 5.75 Å². The number of benzene rings is 2. The van der Waals surface area contributed by atoms with Gasteiger partial charge in [-0.25, -0.2) is 8.42 Å². The van der Waals surface area contributed by atoms with Gasteiger partial charge in [-0.2, -0.15) is 13.2 Å². The average molecular weight is 422 g/mol. The van der Waals surface area contributed by atoms with Gasteiger partial charge in [0.1, 0.15) is 5.75 Å². The normalized spacial score (nSPS) is 13.2. The monoisotopic (exact) mass is 421 g/mol. The molecule has 1 amide bonds. The molecule has 146 valence electrons. The van der Waals surface area contributed by atoms with Gasteiger partial charge in [0.2, 0.25) is 9.84 Å². The number of carbonyl (C=O) groups excluding carboxylic acids is 1. The van der Waals surface area contributed by atoms with Crippen molar-refractivity contribution in [2.24, 2.45) is 0 Å². The molecule has 0 fully saturated rings. The van der Waals surface area contributed by atoms with Crippen LogP contribution in [0.25, 0.3) is 0 Å². The van der Waals surface area contributed by atoms with Crippen molar-refractivity contribution in [2.45, 2.75) is 35.4 Å². The van der Waals surface area contributed by atoms with E-state index in [1.165, 1.54) is 37.3 Å². The fourth-order valence-corrected chi connectivity index (χ4v) is 3.84. The zero-order valence-corrected chi connectivity index (χ0v) is 15.5. The molecule has 0 aliphatic carbocycles. The standard InChI is InChI=1S/C17H15ClF3NO4S/c1-10(22-16(24)17(19,20)21)8-11-2-4-12(5-3-11)27(25,26)13-6-7-15(23)14(18)9-13/h2-7,9-10,23H,8H2,1H3,(H,22,24). The Morgan fingerprint density at radius 1 is 1.15 bits per heavy atom. The molecule has 0 saturated heterocycles. The summed E-state index contributed by atoms with van der Waals surface area (Å²) in [6, 6.07) is 8.21. The summed E-state index contributed by atoms with van der Waals surface area (Å²) in [4.78, 5) is 10.8. The molecule has 27 heavy (non-hydrogen) atoms. The molecule has 1 unspecified atom stereocenters. The summed E-state index contributed by atoms with van der Waals surface area (Å²) in [5.74, 6) is -2.28. The fourth-order valence-electron chi connectivity index (χ4n) is 2.31. The maximum atomic E-state index is 12.6. The maximum absolute atomic E-state index is 12.6. The summed E-state index contributed by atoms with van der Waals surface area (Å²) >= 11 is 5.73. The predicted molar refractivity (Wildman–Crippen MR) is 92.4 cm³/mol. The van der Waals surface area contributed by atoms with Crippen molar-refractivity contribution >= 4 is 27.3 Å². The number of phenols is 1. The van der Waals surface area contributed by atoms with Crippen LogP contribution in [0.5, 0.6) is 5.75 Å². The molecule has 5 nitrogen and oxygen atoms in total. The first-order valence-corrected chi connectivity index (χ1v) is 9.47. The largest absolute Gasteiger partial charge is 0.506 e. The Morgan fingerprint density at radius 2 is 1.70 bits per heavy atom. The summed E-state index contributed by atoms with van der Waals surface area (Å²) in [6.45, 7) is 1.41. The fraction of sp³-hybridized carbons (Fsp3) is 0.235. The van der Waals surface area contributed by atoms with E-state index >= 15 is 0 Å². The summed E-state index contributed by atoms with van der Waals surface area (Å²) in [5.41, 5.74) is 0.549. The van der Waals surface area contributed by atoms with Gasteiger partial charge in [0.15, 0.2) is 0 Å². The summed E-state index contributed by atoms with van der Waals surface area (Å²) < 4.78 is 61.9. The minimum atomic E-state index is -4.96. The Balaban J connectivity index is 2.14. The highest BCUT2D eigenvalue weighted by Gasteiger charge is 2.39. The van der Waals surface area contributed by atoms with Crippen LogP contribution < -0.4 is 5.32 Å². The maximum Gasteiger partial charge on any atom is 0.471 e. The topological polar surface area (TPSA) is 83.5 Å². The van der Waals surface area contributed by atoms with E-state index in [2.05, 4.69) is 0 Å². The van der Waals surface area contributed by atoms with E-state index in [0.29, 0.717) is 5.56 Å². The van der Waals surface area contributed by atoms with Gasteiger partial charge in [0.05, 0.1) is 14.8 Å². The molecule has 0 saturated carbocycles. The van der Waals surface area contributed by atoms with E-state index in [-0.39, 0.29) is 27.0 Å². The van der Waals surface area contributed by atoms with E-state index in [9.17, 15) is 31.5 Å². The lowest BCUT2D eigenvalue weighted by molar-refractivity contribution is -0.174. The zero-order chi connectivity index (χ0) is 20.4. The molecule has 1 atom stereocenters. The Bertz CT molecular complexity index is 944. The van der Waals surface area contributed by atoms with E-state index in [1.807, 2.05) is 5.32 Å². The number of phenolic OH excluding ortho intramolecular Hbond substituents is 1. The van der Waals surface area contributed by atoms with Crippen molar-refractivity contribution in [1.82, 2.24) is 5.32 Å². The van der Waals surface area contributed by atoms with Crippen LogP contribution in [0.4, 0.5) is 13.2 Å². The highest BCUT2D eigenvalue weighted by Crippen LogP contribution is 2.29. The third kappa shape index (κ3) is 5.14. The number of rotatable bonds is 5. The minimum absolute atomic E-state index is 0.0417. The predicted octanol–water partition coefficient (Wildman–Crippen LogP) is 3.49. The second-order valence-electron chi connectivity index (χ2n) is 5.84. The first kappa shape index (κ1) is 21.0. The number of sulfone groups is 1. The van der Waals surface area contributed by atoms with Crippen LogP contribution in [-0.4, -0.2) is 31.6 Å². The molecule has 2 aromatic carbocycles.